The van der Waals surface area contributed by atoms with Gasteiger partial charge < -0.3 is 0 Å². The number of aryl methyl sites for hydroxylation is 2. The Morgan fingerprint density at radius 1 is 1.04 bits per heavy atom. The fourth-order valence-corrected chi connectivity index (χ4v) is 4.02. The average molecular weight is 381 g/mol. The predicted molar refractivity (Wildman–Crippen MR) is 105 cm³/mol. The lowest BCUT2D eigenvalue weighted by molar-refractivity contribution is 0.566. The quantitative estimate of drug-likeness (QED) is 0.554. The van der Waals surface area contributed by atoms with Gasteiger partial charge in [-0.15, -0.1) is 5.10 Å². The van der Waals surface area contributed by atoms with Crippen molar-refractivity contribution in [1.82, 2.24) is 24.7 Å². The van der Waals surface area contributed by atoms with Gasteiger partial charge in [0.25, 0.3) is 0 Å². The first-order chi connectivity index (χ1) is 13.0. The Bertz CT molecular complexity index is 1220. The lowest BCUT2D eigenvalue weighted by Crippen LogP contribution is -2.28. The summed E-state index contributed by atoms with van der Waals surface area (Å²) in [5, 5.41) is 9.03. The van der Waals surface area contributed by atoms with Crippen LogP contribution >= 0.6 is 0 Å². The van der Waals surface area contributed by atoms with E-state index in [4.69, 9.17) is 0 Å². The highest BCUT2D eigenvalue weighted by atomic mass is 32.2. The highest BCUT2D eigenvalue weighted by Crippen LogP contribution is 2.18. The molecule has 0 amide bonds. The molecule has 138 valence electrons. The minimum Gasteiger partial charge on any atom is -0.253 e. The molecule has 0 radical (unpaired) electrons. The molecule has 0 saturated heterocycles. The average Bonchev–Trinajstić information content (AvgIpc) is 3.08. The minimum absolute atomic E-state index is 0.0671. The van der Waals surface area contributed by atoms with E-state index in [-0.39, 0.29) is 18.8 Å². The molecule has 1 N–H and O–H groups in total. The number of rotatable bonds is 6. The zero-order chi connectivity index (χ0) is 18.9. The van der Waals surface area contributed by atoms with Crippen molar-refractivity contribution < 1.29 is 8.42 Å². The molecule has 0 atom stereocenters. The first-order valence-electron chi connectivity index (χ1n) is 8.63. The van der Waals surface area contributed by atoms with Crippen LogP contribution in [-0.2, 0) is 23.1 Å². The van der Waals surface area contributed by atoms with E-state index in [1.165, 1.54) is 0 Å². The molecule has 4 rings (SSSR count). The highest BCUT2D eigenvalue weighted by molar-refractivity contribution is 7.89. The van der Waals surface area contributed by atoms with Crippen LogP contribution in [0.5, 0.6) is 0 Å². The van der Waals surface area contributed by atoms with Gasteiger partial charge in [-0.05, 0) is 36.8 Å². The summed E-state index contributed by atoms with van der Waals surface area (Å²) in [7, 11) is -3.47. The molecule has 4 aromatic rings. The first-order valence-corrected chi connectivity index (χ1v) is 10.3. The Morgan fingerprint density at radius 3 is 2.63 bits per heavy atom. The molecule has 7 nitrogen and oxygen atoms in total. The van der Waals surface area contributed by atoms with Gasteiger partial charge in [0.05, 0.1) is 23.3 Å². The number of nitrogens with zero attached hydrogens (tertiary/aromatic N) is 4. The fourth-order valence-electron chi connectivity index (χ4n) is 3.09. The number of hydrogen-bond donors (Lipinski definition) is 1. The summed E-state index contributed by atoms with van der Waals surface area (Å²) in [4.78, 5) is 4.48. The largest absolute Gasteiger partial charge is 0.253 e. The van der Waals surface area contributed by atoms with Crippen LogP contribution in [0.4, 0.5) is 0 Å². The molecule has 2 aromatic carbocycles. The van der Waals surface area contributed by atoms with Crippen molar-refractivity contribution in [2.75, 3.05) is 5.75 Å². The van der Waals surface area contributed by atoms with Crippen molar-refractivity contribution in [2.45, 2.75) is 20.0 Å². The zero-order valence-electron chi connectivity index (χ0n) is 14.8. The molecule has 0 aliphatic carbocycles. The molecule has 0 aliphatic rings. The summed E-state index contributed by atoms with van der Waals surface area (Å²) in [6.45, 7) is 2.37. The number of hydrogen-bond acceptors (Lipinski definition) is 5. The lowest BCUT2D eigenvalue weighted by Gasteiger charge is -2.10. The summed E-state index contributed by atoms with van der Waals surface area (Å²) in [5.74, 6) is -0.0671. The Labute approximate surface area is 157 Å². The Balaban J connectivity index is 1.48. The van der Waals surface area contributed by atoms with Gasteiger partial charge in [0.15, 0.2) is 0 Å². The van der Waals surface area contributed by atoms with Crippen molar-refractivity contribution in [2.24, 2.45) is 0 Å². The Hall–Kier alpha value is -2.84. The maximum Gasteiger partial charge on any atom is 0.213 e. The maximum atomic E-state index is 12.5. The van der Waals surface area contributed by atoms with Crippen molar-refractivity contribution in [3.63, 3.8) is 0 Å². The molecular formula is C19H19N5O2S. The highest BCUT2D eigenvalue weighted by Gasteiger charge is 2.13. The van der Waals surface area contributed by atoms with Gasteiger partial charge in [-0.25, -0.2) is 17.8 Å². The van der Waals surface area contributed by atoms with E-state index in [0.717, 1.165) is 33.2 Å². The molecule has 0 saturated carbocycles. The van der Waals surface area contributed by atoms with E-state index in [1.807, 2.05) is 61.5 Å². The van der Waals surface area contributed by atoms with Crippen LogP contribution in [0.25, 0.3) is 21.9 Å². The number of pyridine rings is 1. The predicted octanol–water partition coefficient (Wildman–Crippen LogP) is 2.41. The van der Waals surface area contributed by atoms with Crippen LogP contribution in [0, 0.1) is 6.92 Å². The SMILES string of the molecule is Cc1cc(CNS(=O)(=O)CCn2nnc3ccccc32)c2ccccc2n1. The number of sulfonamides is 1. The first kappa shape index (κ1) is 17.6. The minimum atomic E-state index is -3.47. The van der Waals surface area contributed by atoms with Crippen LogP contribution in [0.15, 0.2) is 54.6 Å². The van der Waals surface area contributed by atoms with Gasteiger partial charge in [0.1, 0.15) is 5.52 Å². The summed E-state index contributed by atoms with van der Waals surface area (Å²) >= 11 is 0. The second kappa shape index (κ2) is 7.05. The van der Waals surface area contributed by atoms with E-state index in [2.05, 4.69) is 20.0 Å². The van der Waals surface area contributed by atoms with Gasteiger partial charge in [-0.1, -0.05) is 35.5 Å². The molecule has 2 heterocycles. The van der Waals surface area contributed by atoms with Gasteiger partial charge in [-0.3, -0.25) is 4.98 Å². The smallest absolute Gasteiger partial charge is 0.213 e. The van der Waals surface area contributed by atoms with Crippen LogP contribution in [-0.4, -0.2) is 34.1 Å². The summed E-state index contributed by atoms with van der Waals surface area (Å²) in [5.41, 5.74) is 4.20. The third-order valence-electron chi connectivity index (χ3n) is 4.40. The van der Waals surface area contributed by atoms with E-state index in [1.54, 1.807) is 4.68 Å². The Morgan fingerprint density at radius 2 is 1.78 bits per heavy atom. The van der Waals surface area contributed by atoms with Crippen molar-refractivity contribution in [3.8, 4) is 0 Å². The number of nitrogens with one attached hydrogen (secondary N) is 1. The molecule has 0 aliphatic heterocycles. The monoisotopic (exact) mass is 381 g/mol. The lowest BCUT2D eigenvalue weighted by atomic mass is 10.1. The van der Waals surface area contributed by atoms with Crippen LogP contribution in [0.3, 0.4) is 0 Å². The third-order valence-corrected chi connectivity index (χ3v) is 5.71. The molecule has 0 spiro atoms. The second-order valence-corrected chi connectivity index (χ2v) is 8.31. The van der Waals surface area contributed by atoms with Crippen molar-refractivity contribution in [1.29, 1.82) is 0 Å². The summed E-state index contributed by atoms with van der Waals surface area (Å²) in [6.07, 6.45) is 0. The standard InChI is InChI=1S/C19H19N5O2S/c1-14-12-15(16-6-2-3-7-17(16)21-14)13-20-27(25,26)11-10-24-19-9-5-4-8-18(19)22-23-24/h2-9,12,20H,10-11,13H2,1H3. The molecule has 27 heavy (non-hydrogen) atoms. The van der Waals surface area contributed by atoms with Gasteiger partial charge in [0, 0.05) is 17.6 Å². The van der Waals surface area contributed by atoms with Crippen LogP contribution in [0.2, 0.25) is 0 Å². The molecule has 0 bridgehead atoms. The van der Waals surface area contributed by atoms with E-state index >= 15 is 0 Å². The van der Waals surface area contributed by atoms with Crippen molar-refractivity contribution >= 4 is 32.0 Å². The van der Waals surface area contributed by atoms with Gasteiger partial charge in [0.2, 0.25) is 10.0 Å². The second-order valence-electron chi connectivity index (χ2n) is 6.38. The molecule has 0 unspecified atom stereocenters. The molecule has 2 aromatic heterocycles. The van der Waals surface area contributed by atoms with Gasteiger partial charge in [-0.2, -0.15) is 0 Å². The van der Waals surface area contributed by atoms with Crippen LogP contribution < -0.4 is 4.72 Å². The third kappa shape index (κ3) is 3.81. The fraction of sp³-hybridized carbons (Fsp3) is 0.211. The number of benzene rings is 2. The molecular weight excluding hydrogens is 362 g/mol. The van der Waals surface area contributed by atoms with E-state index in [0.29, 0.717) is 0 Å². The van der Waals surface area contributed by atoms with Crippen LogP contribution in [0.1, 0.15) is 11.3 Å². The number of fused-ring (bicyclic) bond motifs is 2. The van der Waals surface area contributed by atoms with Gasteiger partial charge >= 0.3 is 0 Å². The zero-order valence-corrected chi connectivity index (χ0v) is 15.6. The summed E-state index contributed by atoms with van der Waals surface area (Å²) < 4.78 is 29.2. The normalized spacial score (nSPS) is 12.0. The molecule has 0 fully saturated rings. The number of para-hydroxylation sites is 2. The number of aromatic nitrogens is 4. The Kier molecular flexibility index (Phi) is 4.59. The molecule has 8 heteroatoms. The van der Waals surface area contributed by atoms with Crippen molar-refractivity contribution in [3.05, 3.63) is 65.9 Å². The topological polar surface area (TPSA) is 89.8 Å². The van der Waals surface area contributed by atoms with E-state index in [9.17, 15) is 8.42 Å². The maximum absolute atomic E-state index is 12.5. The summed E-state index contributed by atoms with van der Waals surface area (Å²) in [6, 6.07) is 17.1. The van der Waals surface area contributed by atoms with E-state index < -0.39 is 10.0 Å².